The summed E-state index contributed by atoms with van der Waals surface area (Å²) < 4.78 is 6.80. The number of amides is 2. The van der Waals surface area contributed by atoms with Crippen LogP contribution in [0.4, 0.5) is 5.69 Å². The van der Waals surface area contributed by atoms with Crippen LogP contribution in [0.3, 0.4) is 0 Å². The smallest absolute Gasteiger partial charge is 0.295 e. The zero-order valence-electron chi connectivity index (χ0n) is 15.5. The highest BCUT2D eigenvalue weighted by molar-refractivity contribution is 6.30. The average Bonchev–Trinajstić information content (AvgIpc) is 3.09. The molecule has 0 unspecified atom stereocenters. The van der Waals surface area contributed by atoms with Crippen molar-refractivity contribution >= 4 is 29.1 Å². The molecule has 2 N–H and O–H groups in total. The molecule has 2 amide bonds. The molecule has 0 radical (unpaired) electrons. The van der Waals surface area contributed by atoms with Gasteiger partial charge in [-0.25, -0.2) is 9.67 Å². The lowest BCUT2D eigenvalue weighted by molar-refractivity contribution is 0.0961. The van der Waals surface area contributed by atoms with E-state index in [9.17, 15) is 9.59 Å². The first-order valence-electron chi connectivity index (χ1n) is 8.34. The molecule has 3 rings (SSSR count). The Morgan fingerprint density at radius 3 is 2.46 bits per heavy atom. The topological polar surface area (TPSA) is 98.1 Å². The Labute approximate surface area is 166 Å². The Morgan fingerprint density at radius 2 is 1.82 bits per heavy atom. The van der Waals surface area contributed by atoms with Gasteiger partial charge in [-0.1, -0.05) is 11.6 Å². The second kappa shape index (κ2) is 8.10. The van der Waals surface area contributed by atoms with Crippen LogP contribution in [0.15, 0.2) is 42.5 Å². The first-order valence-corrected chi connectivity index (χ1v) is 8.72. The SMILES string of the molecule is CNC(=O)c1ccc(OC)c(NC(=O)c2nc(C)n(-c3ccc(Cl)cc3)n2)c1. The van der Waals surface area contributed by atoms with Gasteiger partial charge in [0.1, 0.15) is 11.6 Å². The first kappa shape index (κ1) is 19.4. The molecule has 0 fully saturated rings. The van der Waals surface area contributed by atoms with Crippen LogP contribution in [0, 0.1) is 6.92 Å². The predicted molar refractivity (Wildman–Crippen MR) is 105 cm³/mol. The number of anilines is 1. The second-order valence-electron chi connectivity index (χ2n) is 5.82. The first-order chi connectivity index (χ1) is 13.4. The van der Waals surface area contributed by atoms with Gasteiger partial charge in [0.05, 0.1) is 18.5 Å². The summed E-state index contributed by atoms with van der Waals surface area (Å²) in [5.41, 5.74) is 1.45. The molecule has 8 nitrogen and oxygen atoms in total. The summed E-state index contributed by atoms with van der Waals surface area (Å²) in [6, 6.07) is 11.7. The number of carbonyl (C=O) groups excluding carboxylic acids is 2. The molecule has 0 aliphatic heterocycles. The second-order valence-corrected chi connectivity index (χ2v) is 6.26. The molecular formula is C19H18ClN5O3. The Bertz CT molecular complexity index is 1030. The highest BCUT2D eigenvalue weighted by Crippen LogP contribution is 2.26. The number of hydrogen-bond acceptors (Lipinski definition) is 5. The fourth-order valence-corrected chi connectivity index (χ4v) is 2.71. The molecule has 0 atom stereocenters. The summed E-state index contributed by atoms with van der Waals surface area (Å²) in [7, 11) is 3.00. The summed E-state index contributed by atoms with van der Waals surface area (Å²) in [4.78, 5) is 28.7. The zero-order valence-corrected chi connectivity index (χ0v) is 16.2. The molecule has 0 spiro atoms. The van der Waals surface area contributed by atoms with E-state index in [2.05, 4.69) is 20.7 Å². The molecule has 0 saturated carbocycles. The van der Waals surface area contributed by atoms with Crippen LogP contribution in [0.1, 0.15) is 26.8 Å². The minimum Gasteiger partial charge on any atom is -0.495 e. The monoisotopic (exact) mass is 399 g/mol. The highest BCUT2D eigenvalue weighted by atomic mass is 35.5. The van der Waals surface area contributed by atoms with E-state index < -0.39 is 5.91 Å². The van der Waals surface area contributed by atoms with Crippen molar-refractivity contribution in [1.29, 1.82) is 0 Å². The lowest BCUT2D eigenvalue weighted by Gasteiger charge is -2.10. The third kappa shape index (κ3) is 3.96. The Balaban J connectivity index is 1.88. The number of rotatable bonds is 5. The summed E-state index contributed by atoms with van der Waals surface area (Å²) in [5.74, 6) is 0.135. The lowest BCUT2D eigenvalue weighted by atomic mass is 10.1. The van der Waals surface area contributed by atoms with E-state index in [0.29, 0.717) is 27.8 Å². The van der Waals surface area contributed by atoms with Gasteiger partial charge in [0.25, 0.3) is 11.8 Å². The molecule has 9 heteroatoms. The van der Waals surface area contributed by atoms with Gasteiger partial charge in [0.15, 0.2) is 0 Å². The van der Waals surface area contributed by atoms with Gasteiger partial charge in [-0.15, -0.1) is 5.10 Å². The Kier molecular flexibility index (Phi) is 5.60. The normalized spacial score (nSPS) is 10.4. The molecule has 144 valence electrons. The maximum atomic E-state index is 12.7. The minimum atomic E-state index is -0.525. The number of aromatic nitrogens is 3. The van der Waals surface area contributed by atoms with Crippen molar-refractivity contribution in [3.63, 3.8) is 0 Å². The molecule has 1 heterocycles. The average molecular weight is 400 g/mol. The number of aryl methyl sites for hydroxylation is 1. The van der Waals surface area contributed by atoms with Crippen LogP contribution < -0.4 is 15.4 Å². The fourth-order valence-electron chi connectivity index (χ4n) is 2.58. The number of nitrogens with zero attached hydrogens (tertiary/aromatic N) is 3. The molecule has 28 heavy (non-hydrogen) atoms. The number of methoxy groups -OCH3 is 1. The number of carbonyl (C=O) groups is 2. The third-order valence-electron chi connectivity index (χ3n) is 3.98. The predicted octanol–water partition coefficient (Wildman–Crippen LogP) is 2.85. The zero-order chi connectivity index (χ0) is 20.3. The van der Waals surface area contributed by atoms with Crippen molar-refractivity contribution in [2.75, 3.05) is 19.5 Å². The van der Waals surface area contributed by atoms with Gasteiger partial charge in [-0.2, -0.15) is 0 Å². The number of benzene rings is 2. The van der Waals surface area contributed by atoms with Gasteiger partial charge >= 0.3 is 0 Å². The van der Waals surface area contributed by atoms with Crippen molar-refractivity contribution in [2.24, 2.45) is 0 Å². The Morgan fingerprint density at radius 1 is 1.11 bits per heavy atom. The summed E-state index contributed by atoms with van der Waals surface area (Å²) in [6.45, 7) is 1.74. The molecule has 2 aromatic carbocycles. The number of hydrogen-bond donors (Lipinski definition) is 2. The maximum absolute atomic E-state index is 12.7. The standard InChI is InChI=1S/C19H18ClN5O3/c1-11-22-17(24-25(11)14-7-5-13(20)6-8-14)19(27)23-15-10-12(18(26)21-2)4-9-16(15)28-3/h4-10H,1-3H3,(H,21,26)(H,23,27). The molecule has 1 aromatic heterocycles. The lowest BCUT2D eigenvalue weighted by Crippen LogP contribution is -2.19. The van der Waals surface area contributed by atoms with Gasteiger partial charge in [-0.3, -0.25) is 9.59 Å². The van der Waals surface area contributed by atoms with E-state index in [1.165, 1.54) is 20.2 Å². The molecule has 0 aliphatic carbocycles. The van der Waals surface area contributed by atoms with Crippen LogP contribution in [0.5, 0.6) is 5.75 Å². The molecule has 3 aromatic rings. The van der Waals surface area contributed by atoms with Gasteiger partial charge < -0.3 is 15.4 Å². The van der Waals surface area contributed by atoms with Crippen LogP contribution >= 0.6 is 11.6 Å². The van der Waals surface area contributed by atoms with Crippen molar-refractivity contribution in [2.45, 2.75) is 6.92 Å². The molecular weight excluding hydrogens is 382 g/mol. The summed E-state index contributed by atoms with van der Waals surface area (Å²) >= 11 is 5.91. The van der Waals surface area contributed by atoms with E-state index in [1.807, 2.05) is 0 Å². The summed E-state index contributed by atoms with van der Waals surface area (Å²) in [6.07, 6.45) is 0. The Hall–Kier alpha value is -3.39. The maximum Gasteiger partial charge on any atom is 0.295 e. The van der Waals surface area contributed by atoms with E-state index in [0.717, 1.165) is 5.69 Å². The van der Waals surface area contributed by atoms with Gasteiger partial charge in [0.2, 0.25) is 5.82 Å². The fraction of sp³-hybridized carbons (Fsp3) is 0.158. The largest absolute Gasteiger partial charge is 0.495 e. The van der Waals surface area contributed by atoms with Gasteiger partial charge in [-0.05, 0) is 49.4 Å². The van der Waals surface area contributed by atoms with E-state index in [1.54, 1.807) is 48.0 Å². The number of ether oxygens (including phenoxy) is 1. The molecule has 0 aliphatic rings. The highest BCUT2D eigenvalue weighted by Gasteiger charge is 2.18. The number of halogens is 1. The van der Waals surface area contributed by atoms with Crippen LogP contribution in [-0.4, -0.2) is 40.7 Å². The van der Waals surface area contributed by atoms with Crippen molar-refractivity contribution in [1.82, 2.24) is 20.1 Å². The van der Waals surface area contributed by atoms with Crippen molar-refractivity contribution in [3.05, 3.63) is 64.7 Å². The summed E-state index contributed by atoms with van der Waals surface area (Å²) in [5, 5.41) is 10.1. The van der Waals surface area contributed by atoms with E-state index >= 15 is 0 Å². The van der Waals surface area contributed by atoms with E-state index in [-0.39, 0.29) is 11.7 Å². The van der Waals surface area contributed by atoms with Crippen molar-refractivity contribution in [3.8, 4) is 11.4 Å². The van der Waals surface area contributed by atoms with E-state index in [4.69, 9.17) is 16.3 Å². The van der Waals surface area contributed by atoms with Crippen LogP contribution in [0.25, 0.3) is 5.69 Å². The quantitative estimate of drug-likeness (QED) is 0.687. The van der Waals surface area contributed by atoms with Crippen LogP contribution in [0.2, 0.25) is 5.02 Å². The van der Waals surface area contributed by atoms with Gasteiger partial charge in [0, 0.05) is 17.6 Å². The van der Waals surface area contributed by atoms with Crippen LogP contribution in [-0.2, 0) is 0 Å². The minimum absolute atomic E-state index is 0.0140. The van der Waals surface area contributed by atoms with Crippen molar-refractivity contribution < 1.29 is 14.3 Å². The number of nitrogens with one attached hydrogen (secondary N) is 2. The molecule has 0 bridgehead atoms. The third-order valence-corrected chi connectivity index (χ3v) is 4.23. The molecule has 0 saturated heterocycles.